The highest BCUT2D eigenvalue weighted by atomic mass is 15.3. The van der Waals surface area contributed by atoms with E-state index in [4.69, 9.17) is 4.98 Å². The molecular formula is C20H25N5. The standard InChI is InChI=1S/C20H25N5/c1-3-17-15(2)23-19-9-5-4-8-18(19)20(17)24-10-6-7-16(11-24)12-25-14-21-13-22-25/h4-5,8-9,13-14,16H,3,6-7,10-12H2,1-2H3. The van der Waals surface area contributed by atoms with Crippen LogP contribution in [0.2, 0.25) is 0 Å². The smallest absolute Gasteiger partial charge is 0.137 e. The maximum Gasteiger partial charge on any atom is 0.137 e. The molecule has 1 aliphatic heterocycles. The van der Waals surface area contributed by atoms with Crippen molar-refractivity contribution >= 4 is 16.6 Å². The molecule has 2 aromatic heterocycles. The molecule has 0 bridgehead atoms. The van der Waals surface area contributed by atoms with Crippen molar-refractivity contribution in [2.45, 2.75) is 39.7 Å². The molecule has 1 aliphatic rings. The van der Waals surface area contributed by atoms with Crippen LogP contribution in [0.15, 0.2) is 36.9 Å². The van der Waals surface area contributed by atoms with Gasteiger partial charge < -0.3 is 4.90 Å². The van der Waals surface area contributed by atoms with Crippen LogP contribution in [0, 0.1) is 12.8 Å². The fourth-order valence-corrected chi connectivity index (χ4v) is 4.15. The van der Waals surface area contributed by atoms with E-state index in [-0.39, 0.29) is 0 Å². The maximum absolute atomic E-state index is 4.83. The second-order valence-corrected chi connectivity index (χ2v) is 6.97. The van der Waals surface area contributed by atoms with Crippen molar-refractivity contribution in [3.63, 3.8) is 0 Å². The van der Waals surface area contributed by atoms with E-state index in [9.17, 15) is 0 Å². The average molecular weight is 335 g/mol. The Bertz CT molecular complexity index is 856. The predicted octanol–water partition coefficient (Wildman–Crippen LogP) is 3.61. The van der Waals surface area contributed by atoms with Gasteiger partial charge in [-0.2, -0.15) is 5.10 Å². The minimum atomic E-state index is 0.604. The zero-order chi connectivity index (χ0) is 17.2. The molecular weight excluding hydrogens is 310 g/mol. The van der Waals surface area contributed by atoms with Crippen molar-refractivity contribution in [1.29, 1.82) is 0 Å². The van der Waals surface area contributed by atoms with Crippen LogP contribution in [-0.4, -0.2) is 32.8 Å². The first-order chi connectivity index (χ1) is 12.3. The molecule has 1 fully saturated rings. The van der Waals surface area contributed by atoms with Gasteiger partial charge in [0.1, 0.15) is 12.7 Å². The van der Waals surface area contributed by atoms with Gasteiger partial charge in [-0.25, -0.2) is 4.98 Å². The van der Waals surface area contributed by atoms with Crippen molar-refractivity contribution in [1.82, 2.24) is 19.7 Å². The number of aromatic nitrogens is 4. The van der Waals surface area contributed by atoms with Crippen molar-refractivity contribution < 1.29 is 0 Å². The number of nitrogens with zero attached hydrogens (tertiary/aromatic N) is 5. The van der Waals surface area contributed by atoms with E-state index in [1.54, 1.807) is 6.33 Å². The van der Waals surface area contributed by atoms with E-state index >= 15 is 0 Å². The molecule has 130 valence electrons. The molecule has 0 radical (unpaired) electrons. The first-order valence-corrected chi connectivity index (χ1v) is 9.22. The number of benzene rings is 1. The monoisotopic (exact) mass is 335 g/mol. The second kappa shape index (κ2) is 6.82. The number of piperidine rings is 1. The summed E-state index contributed by atoms with van der Waals surface area (Å²) in [5.41, 5.74) is 5.05. The van der Waals surface area contributed by atoms with Gasteiger partial charge in [-0.15, -0.1) is 0 Å². The minimum absolute atomic E-state index is 0.604. The average Bonchev–Trinajstić information content (AvgIpc) is 3.13. The molecule has 5 nitrogen and oxygen atoms in total. The van der Waals surface area contributed by atoms with Crippen molar-refractivity contribution in [2.24, 2.45) is 5.92 Å². The van der Waals surface area contributed by atoms with Crippen LogP contribution >= 0.6 is 0 Å². The molecule has 5 heteroatoms. The number of para-hydroxylation sites is 1. The lowest BCUT2D eigenvalue weighted by atomic mass is 9.95. The number of rotatable bonds is 4. The molecule has 3 heterocycles. The summed E-state index contributed by atoms with van der Waals surface area (Å²) >= 11 is 0. The molecule has 1 unspecified atom stereocenters. The van der Waals surface area contributed by atoms with Gasteiger partial charge in [-0.05, 0) is 43.7 Å². The lowest BCUT2D eigenvalue weighted by molar-refractivity contribution is 0.351. The zero-order valence-electron chi connectivity index (χ0n) is 15.0. The van der Waals surface area contributed by atoms with Crippen LogP contribution in [0.5, 0.6) is 0 Å². The van der Waals surface area contributed by atoms with Crippen LogP contribution in [0.3, 0.4) is 0 Å². The molecule has 1 atom stereocenters. The van der Waals surface area contributed by atoms with Gasteiger partial charge >= 0.3 is 0 Å². The summed E-state index contributed by atoms with van der Waals surface area (Å²) in [5.74, 6) is 0.604. The molecule has 3 aromatic rings. The highest BCUT2D eigenvalue weighted by Crippen LogP contribution is 2.35. The molecule has 0 saturated carbocycles. The Morgan fingerprint density at radius 1 is 1.24 bits per heavy atom. The van der Waals surface area contributed by atoms with Crippen molar-refractivity contribution in [2.75, 3.05) is 18.0 Å². The zero-order valence-corrected chi connectivity index (χ0v) is 15.0. The number of hydrogen-bond acceptors (Lipinski definition) is 4. The number of pyridine rings is 1. The molecule has 4 rings (SSSR count). The Morgan fingerprint density at radius 2 is 2.12 bits per heavy atom. The molecule has 0 amide bonds. The largest absolute Gasteiger partial charge is 0.370 e. The molecule has 1 saturated heterocycles. The van der Waals surface area contributed by atoms with Crippen LogP contribution in [0.25, 0.3) is 10.9 Å². The Morgan fingerprint density at radius 3 is 2.92 bits per heavy atom. The maximum atomic E-state index is 4.83. The molecule has 0 spiro atoms. The Balaban J connectivity index is 1.70. The van der Waals surface area contributed by atoms with Gasteiger partial charge in [-0.1, -0.05) is 25.1 Å². The highest BCUT2D eigenvalue weighted by Gasteiger charge is 2.24. The number of hydrogen-bond donors (Lipinski definition) is 0. The molecule has 1 aromatic carbocycles. The Kier molecular flexibility index (Phi) is 4.38. The summed E-state index contributed by atoms with van der Waals surface area (Å²) in [7, 11) is 0. The first-order valence-electron chi connectivity index (χ1n) is 9.22. The quantitative estimate of drug-likeness (QED) is 0.731. The van der Waals surface area contributed by atoms with Gasteiger partial charge in [0, 0.05) is 30.7 Å². The first kappa shape index (κ1) is 16.1. The summed E-state index contributed by atoms with van der Waals surface area (Å²) in [4.78, 5) is 11.5. The van der Waals surface area contributed by atoms with Gasteiger partial charge in [0.15, 0.2) is 0 Å². The van der Waals surface area contributed by atoms with Crippen molar-refractivity contribution in [3.8, 4) is 0 Å². The van der Waals surface area contributed by atoms with E-state index in [2.05, 4.69) is 53.1 Å². The summed E-state index contributed by atoms with van der Waals surface area (Å²) in [5, 5.41) is 5.57. The van der Waals surface area contributed by atoms with Crippen LogP contribution < -0.4 is 4.90 Å². The number of aryl methyl sites for hydroxylation is 1. The lowest BCUT2D eigenvalue weighted by Crippen LogP contribution is -2.38. The molecule has 0 N–H and O–H groups in total. The molecule has 25 heavy (non-hydrogen) atoms. The van der Waals surface area contributed by atoms with E-state index < -0.39 is 0 Å². The number of fused-ring (bicyclic) bond motifs is 1. The van der Waals surface area contributed by atoms with Crippen molar-refractivity contribution in [3.05, 3.63) is 48.2 Å². The second-order valence-electron chi connectivity index (χ2n) is 6.97. The van der Waals surface area contributed by atoms with Crippen LogP contribution in [0.1, 0.15) is 31.0 Å². The van der Waals surface area contributed by atoms with Gasteiger partial charge in [0.25, 0.3) is 0 Å². The fourth-order valence-electron chi connectivity index (χ4n) is 4.15. The third-order valence-electron chi connectivity index (χ3n) is 5.27. The summed E-state index contributed by atoms with van der Waals surface area (Å²) in [6.07, 6.45) is 6.93. The Labute approximate surface area is 148 Å². The summed E-state index contributed by atoms with van der Waals surface area (Å²) in [6.45, 7) is 7.51. The Hall–Kier alpha value is -2.43. The van der Waals surface area contributed by atoms with Gasteiger partial charge in [0.2, 0.25) is 0 Å². The third kappa shape index (κ3) is 3.11. The lowest BCUT2D eigenvalue weighted by Gasteiger charge is -2.36. The van der Waals surface area contributed by atoms with Gasteiger partial charge in [-0.3, -0.25) is 9.67 Å². The van der Waals surface area contributed by atoms with E-state index in [1.165, 1.54) is 29.5 Å². The highest BCUT2D eigenvalue weighted by molar-refractivity contribution is 5.94. The summed E-state index contributed by atoms with van der Waals surface area (Å²) in [6, 6.07) is 8.55. The molecule has 0 aliphatic carbocycles. The minimum Gasteiger partial charge on any atom is -0.370 e. The van der Waals surface area contributed by atoms with E-state index in [0.29, 0.717) is 5.92 Å². The van der Waals surface area contributed by atoms with Gasteiger partial charge in [0.05, 0.1) is 11.2 Å². The summed E-state index contributed by atoms with van der Waals surface area (Å²) < 4.78 is 1.96. The van der Waals surface area contributed by atoms with Crippen LogP contribution in [0.4, 0.5) is 5.69 Å². The third-order valence-corrected chi connectivity index (χ3v) is 5.27. The van der Waals surface area contributed by atoms with E-state index in [0.717, 1.165) is 37.3 Å². The number of anilines is 1. The van der Waals surface area contributed by atoms with E-state index in [1.807, 2.05) is 11.0 Å². The van der Waals surface area contributed by atoms with Crippen LogP contribution in [-0.2, 0) is 13.0 Å². The topological polar surface area (TPSA) is 46.8 Å². The predicted molar refractivity (Wildman–Crippen MR) is 101 cm³/mol. The fraction of sp³-hybridized carbons (Fsp3) is 0.450. The SMILES string of the molecule is CCc1c(C)nc2ccccc2c1N1CCCC(Cn2cncn2)C1. The normalized spacial score (nSPS) is 18.0.